The first-order valence-corrected chi connectivity index (χ1v) is 26.4. The van der Waals surface area contributed by atoms with Crippen LogP contribution in [0.2, 0.25) is 19.6 Å². The van der Waals surface area contributed by atoms with Gasteiger partial charge in [0.25, 0.3) is 0 Å². The Balaban J connectivity index is 1.21. The molecule has 7 aromatic carbocycles. The van der Waals surface area contributed by atoms with Crippen LogP contribution in [-0.2, 0) is 5.66 Å². The highest BCUT2D eigenvalue weighted by atomic mass is 32.1. The van der Waals surface area contributed by atoms with E-state index < -0.39 is 19.6 Å². The molecule has 13 rings (SSSR count). The normalized spacial score (nSPS) is 15.8. The molecule has 4 nitrogen and oxygen atoms in total. The zero-order chi connectivity index (χ0) is 43.6. The number of furan rings is 1. The number of para-hydroxylation sites is 2. The average molecular weight is 851 g/mol. The topological polar surface area (TPSA) is 25.8 Å². The van der Waals surface area contributed by atoms with Gasteiger partial charge in [0.15, 0.2) is 22.8 Å². The molecule has 1 atom stereocenters. The molecule has 6 heterocycles. The monoisotopic (exact) mass is 850 g/mol. The van der Waals surface area contributed by atoms with E-state index in [9.17, 15) is 1.37 Å². The number of pyridine rings is 1. The third-order valence-corrected chi connectivity index (χ3v) is 17.1. The predicted molar refractivity (Wildman–Crippen MR) is 265 cm³/mol. The van der Waals surface area contributed by atoms with Crippen LogP contribution >= 0.6 is 11.3 Å². The molecule has 0 aliphatic carbocycles. The summed E-state index contributed by atoms with van der Waals surface area (Å²) in [6, 6.07) is 54.3. The van der Waals surface area contributed by atoms with Crippen molar-refractivity contribution in [2.75, 3.05) is 0 Å². The Labute approximate surface area is 373 Å². The molecule has 0 saturated carbocycles. The third-order valence-electron chi connectivity index (χ3n) is 13.9. The van der Waals surface area contributed by atoms with Gasteiger partial charge in [-0.1, -0.05) is 111 Å². The number of thiophene rings is 1. The van der Waals surface area contributed by atoms with Gasteiger partial charge in [-0.25, -0.2) is 0 Å². The van der Waals surface area contributed by atoms with Crippen molar-refractivity contribution in [1.29, 1.82) is 0 Å². The lowest BCUT2D eigenvalue weighted by molar-refractivity contribution is -0.944. The van der Waals surface area contributed by atoms with Gasteiger partial charge < -0.3 is 4.42 Å². The second kappa shape index (κ2) is 12.7. The minimum Gasteiger partial charge on any atom is -0.455 e. The van der Waals surface area contributed by atoms with Crippen LogP contribution in [0, 0.1) is 13.8 Å². The molecule has 0 radical (unpaired) electrons. The molecular formula is C57H47N3OSSi+2. The summed E-state index contributed by atoms with van der Waals surface area (Å²) in [6.07, 6.45) is 2.45. The van der Waals surface area contributed by atoms with E-state index in [0.29, 0.717) is 0 Å². The van der Waals surface area contributed by atoms with Gasteiger partial charge in [0.05, 0.1) is 24.8 Å². The average Bonchev–Trinajstić information content (AvgIpc) is 4.06. The van der Waals surface area contributed by atoms with Crippen LogP contribution in [0.5, 0.6) is 0 Å². The van der Waals surface area contributed by atoms with Crippen molar-refractivity contribution >= 4 is 77.7 Å². The summed E-state index contributed by atoms with van der Waals surface area (Å²) in [7, 11) is -2.01. The number of hydrogen-bond donors (Lipinski definition) is 0. The molecule has 6 heteroatoms. The summed E-state index contributed by atoms with van der Waals surface area (Å²) in [5.41, 5.74) is 16.2. The molecule has 0 bridgehead atoms. The van der Waals surface area contributed by atoms with Crippen molar-refractivity contribution in [3.8, 4) is 39.5 Å². The Morgan fingerprint density at radius 3 is 2.27 bits per heavy atom. The molecule has 4 aromatic heterocycles. The van der Waals surface area contributed by atoms with E-state index in [1.165, 1.54) is 64.3 Å². The zero-order valence-electron chi connectivity index (χ0n) is 37.6. The molecule has 304 valence electrons. The summed E-state index contributed by atoms with van der Waals surface area (Å²) >= 11 is 1.85. The predicted octanol–water partition coefficient (Wildman–Crippen LogP) is 13.7. The molecule has 1 spiro atoms. The van der Waals surface area contributed by atoms with E-state index in [1.54, 1.807) is 0 Å². The number of rotatable bonds is 4. The molecule has 2 aliphatic rings. The second-order valence-electron chi connectivity index (χ2n) is 19.1. The molecule has 63 heavy (non-hydrogen) atoms. The largest absolute Gasteiger partial charge is 0.455 e. The third kappa shape index (κ3) is 4.91. The van der Waals surface area contributed by atoms with Crippen LogP contribution in [0.4, 0.5) is 0 Å². The highest BCUT2D eigenvalue weighted by Crippen LogP contribution is 2.53. The van der Waals surface area contributed by atoms with Gasteiger partial charge in [0.2, 0.25) is 5.69 Å². The minimum absolute atomic E-state index is 0.779. The van der Waals surface area contributed by atoms with Crippen molar-refractivity contribution in [3.05, 3.63) is 180 Å². The Morgan fingerprint density at radius 1 is 0.683 bits per heavy atom. The molecular weight excluding hydrogens is 803 g/mol. The molecule has 0 fully saturated rings. The van der Waals surface area contributed by atoms with Crippen molar-refractivity contribution < 1.29 is 14.9 Å². The quantitative estimate of drug-likeness (QED) is 0.128. The van der Waals surface area contributed by atoms with E-state index in [4.69, 9.17) is 4.42 Å². The van der Waals surface area contributed by atoms with Crippen LogP contribution in [0.25, 0.3) is 92.6 Å². The highest BCUT2D eigenvalue weighted by Gasteiger charge is 2.67. The maximum absolute atomic E-state index is 9.50. The summed E-state index contributed by atoms with van der Waals surface area (Å²) in [5, 5.41) is 6.06. The maximum atomic E-state index is 9.50. The molecule has 0 amide bonds. The van der Waals surface area contributed by atoms with E-state index >= 15 is 0 Å². The van der Waals surface area contributed by atoms with E-state index in [-0.39, 0.29) is 0 Å². The first kappa shape index (κ1) is 35.9. The molecule has 2 aliphatic heterocycles. The first-order valence-electron chi connectivity index (χ1n) is 22.6. The fourth-order valence-electron chi connectivity index (χ4n) is 11.3. The minimum atomic E-state index is -2.01. The Kier molecular flexibility index (Phi) is 7.27. The fourth-order valence-corrected chi connectivity index (χ4v) is 14.0. The van der Waals surface area contributed by atoms with Crippen LogP contribution < -0.4 is 14.3 Å². The summed E-state index contributed by atoms with van der Waals surface area (Å²) in [6.45, 7) is 15.7. The first-order chi connectivity index (χ1) is 30.8. The van der Waals surface area contributed by atoms with Crippen LogP contribution in [0.1, 0.15) is 48.9 Å². The smallest absolute Gasteiger partial charge is 0.364 e. The SMILES string of the molecule is [2H]C(C)(C)c1cc2[n+](cc1[Si](C)(C)C)C1(c3ccccc3-2)c2ccc3c(oc4ccc(-c5cc(C)cc(C)c5)cc43)c2-c2n(-c3ccc4sc5ccccc5c4c3)c3ccccc3[n+]21. The number of hydrogen-bond acceptors (Lipinski definition) is 2. The van der Waals surface area contributed by atoms with Crippen LogP contribution in [-0.4, -0.2) is 12.6 Å². The molecule has 11 aromatic rings. The van der Waals surface area contributed by atoms with E-state index in [0.717, 1.165) is 61.3 Å². The van der Waals surface area contributed by atoms with E-state index in [1.807, 2.05) is 25.2 Å². The highest BCUT2D eigenvalue weighted by molar-refractivity contribution is 7.25. The van der Waals surface area contributed by atoms with Gasteiger partial charge in [0.1, 0.15) is 16.8 Å². The lowest BCUT2D eigenvalue weighted by Gasteiger charge is -2.25. The zero-order valence-corrected chi connectivity index (χ0v) is 38.4. The molecule has 1 unspecified atom stereocenters. The van der Waals surface area contributed by atoms with Crippen molar-refractivity contribution in [2.24, 2.45) is 0 Å². The molecule has 0 N–H and O–H groups in total. The van der Waals surface area contributed by atoms with Gasteiger partial charge in [-0.2, -0.15) is 4.57 Å². The van der Waals surface area contributed by atoms with Crippen LogP contribution in [0.15, 0.2) is 156 Å². The summed E-state index contributed by atoms with van der Waals surface area (Å²) in [5.74, 6) is 0.308. The van der Waals surface area contributed by atoms with Gasteiger partial charge >= 0.3 is 11.5 Å². The number of nitrogens with zero attached hydrogens (tertiary/aromatic N) is 3. The number of fused-ring (bicyclic) bond motifs is 19. The Hall–Kier alpha value is -6.60. The summed E-state index contributed by atoms with van der Waals surface area (Å²) in [4.78, 5) is 0. The van der Waals surface area contributed by atoms with Crippen LogP contribution in [0.3, 0.4) is 0 Å². The van der Waals surface area contributed by atoms with Gasteiger partial charge in [-0.15, -0.1) is 20.5 Å². The van der Waals surface area contributed by atoms with Crippen molar-refractivity contribution in [1.82, 2.24) is 4.57 Å². The number of aromatic nitrogens is 3. The second-order valence-corrected chi connectivity index (χ2v) is 25.3. The van der Waals surface area contributed by atoms with Crippen molar-refractivity contribution in [3.63, 3.8) is 0 Å². The van der Waals surface area contributed by atoms with Gasteiger partial charge in [-0.3, -0.25) is 0 Å². The van der Waals surface area contributed by atoms with Gasteiger partial charge in [-0.05, 0) is 109 Å². The standard InChI is InChI=1S/C57H47N3OSSi/c1-33(2)42-31-49-41-15-8-10-16-45(41)57(58(49)32-53(42)63(5,6)7)46-23-22-40-43-29-36(37-27-34(3)26-35(4)28-37)20-24-50(43)61-55(40)54(46)56-59(47-17-11-12-18-48(47)60(56)57)38-21-25-52-44(30-38)39-14-9-13-19-51(39)62-52/h8-33H,1-7H3/q+2/i33D. The lowest BCUT2D eigenvalue weighted by atomic mass is 9.88. The van der Waals surface area contributed by atoms with E-state index in [2.05, 4.69) is 199 Å². The number of aryl methyl sites for hydroxylation is 2. The fraction of sp³-hybridized carbons (Fsp3) is 0.158. The Morgan fingerprint density at radius 2 is 1.44 bits per heavy atom. The summed E-state index contributed by atoms with van der Waals surface area (Å²) < 4.78 is 27.1. The maximum Gasteiger partial charge on any atom is 0.364 e. The van der Waals surface area contributed by atoms with Gasteiger partial charge in [0, 0.05) is 43.6 Å². The number of imidazole rings is 1. The Bertz CT molecular complexity index is 3840. The van der Waals surface area contributed by atoms with Crippen molar-refractivity contribution in [2.45, 2.75) is 58.9 Å². The lowest BCUT2D eigenvalue weighted by Crippen LogP contribution is -2.72. The number of benzene rings is 7. The molecule has 0 saturated heterocycles.